The number of amides is 17. The minimum atomic E-state index is -1.75. The van der Waals surface area contributed by atoms with E-state index in [4.69, 9.17) is 11.5 Å². The number of para-hydroxylation sites is 2. The summed E-state index contributed by atoms with van der Waals surface area (Å²) in [4.78, 5) is 267. The maximum absolute atomic E-state index is 15.6. The lowest BCUT2D eigenvalue weighted by Crippen LogP contribution is -2.61. The van der Waals surface area contributed by atoms with Crippen LogP contribution in [-0.2, 0) is 107 Å². The zero-order valence-electron chi connectivity index (χ0n) is 76.4. The van der Waals surface area contributed by atoms with Gasteiger partial charge in [0.05, 0.1) is 38.5 Å². The first kappa shape index (κ1) is 102. The van der Waals surface area contributed by atoms with Crippen molar-refractivity contribution in [3.8, 4) is 5.75 Å². The van der Waals surface area contributed by atoms with Gasteiger partial charge in [0.25, 0.3) is 0 Å². The Labute approximate surface area is 765 Å². The van der Waals surface area contributed by atoms with Gasteiger partial charge in [-0.1, -0.05) is 116 Å². The van der Waals surface area contributed by atoms with Gasteiger partial charge in [-0.3, -0.25) is 81.5 Å². The molecule has 0 radical (unpaired) electrons. The average molecular weight is 1830 g/mol. The van der Waals surface area contributed by atoms with Gasteiger partial charge in [0.15, 0.2) is 0 Å². The summed E-state index contributed by atoms with van der Waals surface area (Å²) in [7, 11) is 4.05. The largest absolute Gasteiger partial charge is 0.508 e. The van der Waals surface area contributed by atoms with Crippen LogP contribution in [0.3, 0.4) is 0 Å². The average Bonchev–Trinajstić information content (AvgIpc) is 1.55. The molecule has 3 aliphatic heterocycles. The number of nitrogens with zero attached hydrogens (tertiary/aromatic N) is 6. The van der Waals surface area contributed by atoms with E-state index in [0.717, 1.165) is 14.7 Å². The first-order valence-corrected chi connectivity index (χ1v) is 45.0. The summed E-state index contributed by atoms with van der Waals surface area (Å²) < 4.78 is 0. The van der Waals surface area contributed by atoms with E-state index < -0.39 is 218 Å². The first-order chi connectivity index (χ1) is 62.8. The van der Waals surface area contributed by atoms with Crippen LogP contribution in [0.5, 0.6) is 5.75 Å². The number of unbranched alkanes of at least 4 members (excludes halogenated alkanes) is 2. The van der Waals surface area contributed by atoms with E-state index in [-0.39, 0.29) is 108 Å². The molecule has 132 heavy (non-hydrogen) atoms. The number of likely N-dealkylation sites (N-methyl/N-ethyl adjacent to an activating group) is 3. The number of nitrogens with one attached hydrogen (secondary N) is 14. The number of H-pyrrole nitrogens is 3. The van der Waals surface area contributed by atoms with E-state index >= 15 is 33.6 Å². The number of hydrogen-bond acceptors (Lipinski definition) is 21. The number of aliphatic hydroxyl groups is 1. The fourth-order valence-electron chi connectivity index (χ4n) is 16.8. The van der Waals surface area contributed by atoms with Crippen molar-refractivity contribution in [3.63, 3.8) is 0 Å². The number of phenolic OH excluding ortho intramolecular Hbond substituents is 1. The molecule has 3 saturated heterocycles. The molecule has 9 rings (SSSR count). The maximum atomic E-state index is 15.6. The zero-order valence-corrected chi connectivity index (χ0v) is 76.4. The van der Waals surface area contributed by atoms with E-state index in [0.29, 0.717) is 69.9 Å². The van der Waals surface area contributed by atoms with Crippen molar-refractivity contribution < 1.29 is 91.7 Å². The fraction of sp³-hybridized carbons (Fsp3) is 0.538. The molecule has 716 valence electrons. The third-order valence-corrected chi connectivity index (χ3v) is 24.0. The lowest BCUT2D eigenvalue weighted by atomic mass is 9.99. The Morgan fingerprint density at radius 2 is 1.05 bits per heavy atom. The van der Waals surface area contributed by atoms with Crippen LogP contribution in [0.25, 0.3) is 21.8 Å². The molecule has 3 aromatic carbocycles. The van der Waals surface area contributed by atoms with Crippen LogP contribution in [0.2, 0.25) is 0 Å². The Hall–Kier alpha value is -13.3. The highest BCUT2D eigenvalue weighted by Gasteiger charge is 2.46. The molecule has 17 amide bonds. The molecule has 3 aromatic heterocycles. The number of aliphatic hydroxyl groups excluding tert-OH is 1. The highest BCUT2D eigenvalue weighted by molar-refractivity contribution is 6.02. The molecular formula is C91H128N22O19. The third kappa shape index (κ3) is 28.3. The Bertz CT molecular complexity index is 5080. The number of aromatic amines is 3. The minimum absolute atomic E-state index is 0.00478. The monoisotopic (exact) mass is 1830 g/mol. The van der Waals surface area contributed by atoms with Gasteiger partial charge in [0, 0.05) is 112 Å². The molecule has 6 aromatic rings. The number of imidazole rings is 1. The van der Waals surface area contributed by atoms with Crippen LogP contribution in [0.4, 0.5) is 0 Å². The van der Waals surface area contributed by atoms with Gasteiger partial charge in [-0.25, -0.2) is 4.98 Å². The van der Waals surface area contributed by atoms with Crippen molar-refractivity contribution in [2.45, 2.75) is 242 Å². The Kier molecular flexibility index (Phi) is 37.6. The van der Waals surface area contributed by atoms with E-state index in [1.165, 1.54) is 74.7 Å². The van der Waals surface area contributed by atoms with Crippen LogP contribution in [0.1, 0.15) is 154 Å². The van der Waals surface area contributed by atoms with E-state index in [9.17, 15) is 58.2 Å². The third-order valence-electron chi connectivity index (χ3n) is 24.0. The summed E-state index contributed by atoms with van der Waals surface area (Å²) in [5, 5.41) is 52.8. The molecular weight excluding hydrogens is 1710 g/mol. The van der Waals surface area contributed by atoms with Crippen LogP contribution >= 0.6 is 0 Å². The number of benzene rings is 3. The molecule has 0 spiro atoms. The normalized spacial score (nSPS) is 24.7. The summed E-state index contributed by atoms with van der Waals surface area (Å²) in [6.07, 6.45) is 4.57. The number of aromatic nitrogens is 4. The van der Waals surface area contributed by atoms with Crippen molar-refractivity contribution in [1.29, 1.82) is 0 Å². The number of phenols is 1. The number of carbonyl (C=O) groups is 17. The number of nitrogens with two attached hydrogens (primary N) is 2. The Morgan fingerprint density at radius 1 is 0.523 bits per heavy atom. The highest BCUT2D eigenvalue weighted by atomic mass is 16.3. The summed E-state index contributed by atoms with van der Waals surface area (Å²) in [6.45, 7) is 9.43. The van der Waals surface area contributed by atoms with Crippen molar-refractivity contribution in [2.24, 2.45) is 23.3 Å². The van der Waals surface area contributed by atoms with Crippen molar-refractivity contribution >= 4 is 122 Å². The molecule has 0 unspecified atom stereocenters. The van der Waals surface area contributed by atoms with Gasteiger partial charge in [-0.05, 0) is 111 Å². The topological polar surface area (TPSA) is 591 Å². The predicted molar refractivity (Wildman–Crippen MR) is 484 cm³/mol. The Morgan fingerprint density at radius 3 is 1.65 bits per heavy atom. The summed E-state index contributed by atoms with van der Waals surface area (Å²) >= 11 is 0. The lowest BCUT2D eigenvalue weighted by molar-refractivity contribution is -0.149. The molecule has 0 bridgehead atoms. The number of hydrogen-bond donors (Lipinski definition) is 18. The molecule has 14 atom stereocenters. The van der Waals surface area contributed by atoms with Gasteiger partial charge in [-0.2, -0.15) is 0 Å². The fourth-order valence-corrected chi connectivity index (χ4v) is 16.8. The predicted octanol–water partition coefficient (Wildman–Crippen LogP) is -1.26. The molecule has 0 saturated carbocycles. The van der Waals surface area contributed by atoms with Crippen LogP contribution in [-0.4, -0.2) is 300 Å². The second-order valence-corrected chi connectivity index (χ2v) is 35.1. The smallest absolute Gasteiger partial charge is 0.246 e. The zero-order chi connectivity index (χ0) is 96.3. The highest BCUT2D eigenvalue weighted by Crippen LogP contribution is 2.28. The van der Waals surface area contributed by atoms with Gasteiger partial charge in [-0.15, -0.1) is 0 Å². The molecule has 41 heteroatoms. The van der Waals surface area contributed by atoms with Gasteiger partial charge in [0.1, 0.15) is 84.3 Å². The number of rotatable bonds is 23. The standard InChI is InChI=1S/C91H128N22O19/c1-11-13-24-71-84(125)104-64(34-50(3)4)82(123)103-63(80(121)98-45-76(93)117)31-32-94-46-77(118)101-68(36-53-27-29-57(114)30-28-53)87(128)109(8)52(7)79(120)107-70(41-75(92)116)89(130)112-33-19-26-72(112)85(126)106-66(39-56-44-95-49-100-56)83(124)108-67(35-51(5)6)90(131)113-48-58(115)40-74(113)86(127)105-65(37-54-42-96-61-22-17-15-20-59(54)61)81(122)99-47-78(119)102-69(38-55-43-97-62-23-18-16-21-60(55)62)88(129)111(10)73(25-14-12-2)91(132)110(71)9/h15-18,20-23,27-30,42-44,49-52,58,63-74,94,96-97,114-115H,11-14,19,24-26,31-41,45-48H2,1-10H3,(H2,92,116)(H2,93,117)(H,95,100)(H,98,121)(H,99,122)(H,101,118)(H,102,119)(H,103,123)(H,104,125)(H,105,127)(H,106,126)(H,107,120)(H,108,124)/t52-,58+,63-,64-,65-,66-,67-,68-,69-,70-,71-,72-,73-,74-/m0/s1. The summed E-state index contributed by atoms with van der Waals surface area (Å²) in [5.41, 5.74) is 14.4. The molecule has 3 aliphatic rings. The van der Waals surface area contributed by atoms with Gasteiger partial charge in [0.2, 0.25) is 100 Å². The molecule has 3 fully saturated rings. The number of aromatic hydroxyl groups is 1. The lowest BCUT2D eigenvalue weighted by Gasteiger charge is -2.36. The second-order valence-electron chi connectivity index (χ2n) is 35.1. The maximum Gasteiger partial charge on any atom is 0.246 e. The first-order valence-electron chi connectivity index (χ1n) is 45.0. The van der Waals surface area contributed by atoms with Crippen LogP contribution < -0.4 is 70.0 Å². The molecule has 41 nitrogen and oxygen atoms in total. The van der Waals surface area contributed by atoms with Crippen LogP contribution in [0, 0.1) is 11.8 Å². The SMILES string of the molecule is CCCC[C@H]1C(=O)N(C)[C@@H](CCCC)C(=O)N[C@@H](CC(C)C)C(=O)N[C@H](C(=O)NCC(N)=O)CCNCC(=O)N[C@@H](Cc2ccc(O)cc2)C(=O)N(C)[C@@H](C)C(=O)N[C@@H](CC(N)=O)C(=O)N2CCC[C@H]2C(=O)N[C@@H](Cc2cnc[nH]2)C(=O)N[C@@H](CC(C)C)C(=O)N2C[C@H](O)C[C@H]2C(=O)N[C@@H](Cc2c[nH]c3ccccc23)C(=O)NCC(=O)N[C@@H](Cc2c[nH]c3ccccc23)C(=O)N1C. The van der Waals surface area contributed by atoms with Crippen LogP contribution in [0.15, 0.2) is 97.7 Å². The number of carbonyl (C=O) groups excluding carboxylic acids is 17. The number of primary amides is 2. The van der Waals surface area contributed by atoms with Crippen molar-refractivity contribution in [3.05, 3.63) is 120 Å². The van der Waals surface area contributed by atoms with Gasteiger partial charge < -0.3 is 120 Å². The van der Waals surface area contributed by atoms with Crippen molar-refractivity contribution in [1.82, 2.24) is 103 Å². The van der Waals surface area contributed by atoms with E-state index in [1.54, 1.807) is 76.5 Å². The summed E-state index contributed by atoms with van der Waals surface area (Å²) in [6, 6.07) is 1.14. The van der Waals surface area contributed by atoms with Gasteiger partial charge >= 0.3 is 0 Å². The minimum Gasteiger partial charge on any atom is -0.508 e. The molecule has 6 heterocycles. The van der Waals surface area contributed by atoms with E-state index in [1.807, 2.05) is 26.0 Å². The van der Waals surface area contributed by atoms with E-state index in [2.05, 4.69) is 78.4 Å². The summed E-state index contributed by atoms with van der Waals surface area (Å²) in [5.74, 6) is -15.6. The second kappa shape index (κ2) is 48.5. The molecule has 0 aliphatic carbocycles. The van der Waals surface area contributed by atoms with Crippen molar-refractivity contribution in [2.75, 3.05) is 60.4 Å². The Balaban J connectivity index is 1.07. The quantitative estimate of drug-likeness (QED) is 0.0356. The number of fused-ring (bicyclic) bond motifs is 4. The molecule has 20 N–H and O–H groups in total.